The first-order valence-corrected chi connectivity index (χ1v) is 8.32. The fourth-order valence-electron chi connectivity index (χ4n) is 2.03. The minimum absolute atomic E-state index is 0.188. The number of carbonyl (C=O) groups is 1. The van der Waals surface area contributed by atoms with Gasteiger partial charge in [0.2, 0.25) is 0 Å². The predicted molar refractivity (Wildman–Crippen MR) is 83.7 cm³/mol. The molecule has 108 valence electrons. The average Bonchev–Trinajstić information content (AvgIpc) is 2.35. The molecule has 0 fully saturated rings. The summed E-state index contributed by atoms with van der Waals surface area (Å²) in [4.78, 5) is 11.1. The van der Waals surface area contributed by atoms with Crippen LogP contribution in [0.1, 0.15) is 84.0 Å². The van der Waals surface area contributed by atoms with Crippen LogP contribution in [0.5, 0.6) is 0 Å². The molecule has 4 heteroatoms. The van der Waals surface area contributed by atoms with Gasteiger partial charge in [0.1, 0.15) is 0 Å². The zero-order valence-corrected chi connectivity index (χ0v) is 13.8. The molecule has 1 N–H and O–H groups in total. The summed E-state index contributed by atoms with van der Waals surface area (Å²) >= 11 is 1.60. The summed E-state index contributed by atoms with van der Waals surface area (Å²) in [5.74, 6) is -0.188. The molecule has 0 aromatic carbocycles. The first kappa shape index (κ1) is 18.2. The molecule has 0 aromatic rings. The predicted octanol–water partition coefficient (Wildman–Crippen LogP) is 5.26. The number of carbonyl (C=O) groups excluding carboxylic acids is 1. The summed E-state index contributed by atoms with van der Waals surface area (Å²) in [6.07, 6.45) is 14.5. The van der Waals surface area contributed by atoms with Gasteiger partial charge in [-0.1, -0.05) is 71.1 Å². The van der Waals surface area contributed by atoms with Crippen LogP contribution in [0.25, 0.3) is 0 Å². The highest BCUT2D eigenvalue weighted by Gasteiger charge is 2.05. The molecule has 0 saturated heterocycles. The fourth-order valence-corrected chi connectivity index (χ4v) is 2.27. The maximum absolute atomic E-state index is 11.1. The van der Waals surface area contributed by atoms with Gasteiger partial charge in [-0.3, -0.25) is 10.0 Å². The molecular weight excluding hydrogens is 341 g/mol. The molecule has 18 heavy (non-hydrogen) atoms. The van der Waals surface area contributed by atoms with Gasteiger partial charge < -0.3 is 0 Å². The van der Waals surface area contributed by atoms with E-state index in [1.807, 2.05) is 0 Å². The van der Waals surface area contributed by atoms with Crippen molar-refractivity contribution in [3.05, 3.63) is 0 Å². The number of nitrogens with zero attached hydrogens (tertiary/aromatic N) is 1. The van der Waals surface area contributed by atoms with Crippen molar-refractivity contribution in [3.63, 3.8) is 0 Å². The summed E-state index contributed by atoms with van der Waals surface area (Å²) in [6.45, 7) is 2.25. The zero-order chi connectivity index (χ0) is 13.6. The van der Waals surface area contributed by atoms with Gasteiger partial charge in [-0.15, -0.1) is 0 Å². The smallest absolute Gasteiger partial charge is 0.255 e. The van der Waals surface area contributed by atoms with Crippen LogP contribution in [-0.4, -0.2) is 14.4 Å². The lowest BCUT2D eigenvalue weighted by Crippen LogP contribution is -2.15. The third-order valence-corrected chi connectivity index (χ3v) is 3.74. The van der Waals surface area contributed by atoms with Gasteiger partial charge in [0.15, 0.2) is 0 Å². The molecule has 1 amide bonds. The molecule has 0 unspecified atom stereocenters. The Morgan fingerprint density at radius 3 is 1.67 bits per heavy atom. The van der Waals surface area contributed by atoms with E-state index in [2.05, 4.69) is 6.92 Å². The Morgan fingerprint density at radius 1 is 0.889 bits per heavy atom. The largest absolute Gasteiger partial charge is 0.276 e. The Hall–Kier alpha value is 0.160. The summed E-state index contributed by atoms with van der Waals surface area (Å²) in [6, 6.07) is 0. The summed E-state index contributed by atoms with van der Waals surface area (Å²) < 4.78 is 0.661. The molecule has 3 nitrogen and oxygen atoms in total. The number of amides is 1. The SMILES string of the molecule is CCCCCCCCCCCCCC(=O)N(O)I. The molecule has 0 aliphatic carbocycles. The summed E-state index contributed by atoms with van der Waals surface area (Å²) in [5, 5.41) is 8.85. The van der Waals surface area contributed by atoms with Crippen LogP contribution in [0.2, 0.25) is 0 Å². The van der Waals surface area contributed by atoms with E-state index in [0.717, 1.165) is 12.8 Å². The summed E-state index contributed by atoms with van der Waals surface area (Å²) in [5.41, 5.74) is 0. The molecule has 0 heterocycles. The zero-order valence-electron chi connectivity index (χ0n) is 11.7. The molecular formula is C14H28INO2. The maximum atomic E-state index is 11.1. The highest BCUT2D eigenvalue weighted by Crippen LogP contribution is 2.12. The average molecular weight is 369 g/mol. The molecule has 0 rings (SSSR count). The molecule has 0 aliphatic heterocycles. The van der Waals surface area contributed by atoms with Crippen molar-refractivity contribution in [2.75, 3.05) is 0 Å². The monoisotopic (exact) mass is 369 g/mol. The van der Waals surface area contributed by atoms with Crippen LogP contribution >= 0.6 is 22.9 Å². The van der Waals surface area contributed by atoms with Gasteiger partial charge >= 0.3 is 0 Å². The van der Waals surface area contributed by atoms with Crippen LogP contribution in [0.15, 0.2) is 0 Å². The molecule has 0 spiro atoms. The highest BCUT2D eigenvalue weighted by atomic mass is 127. The van der Waals surface area contributed by atoms with E-state index in [9.17, 15) is 4.79 Å². The van der Waals surface area contributed by atoms with Gasteiger partial charge in [0, 0.05) is 6.42 Å². The van der Waals surface area contributed by atoms with Crippen LogP contribution in [0.4, 0.5) is 0 Å². The number of hydrogen-bond acceptors (Lipinski definition) is 2. The molecule has 0 bridgehead atoms. The number of halogens is 1. The second-order valence-corrected chi connectivity index (χ2v) is 5.85. The maximum Gasteiger partial charge on any atom is 0.255 e. The van der Waals surface area contributed by atoms with Crippen LogP contribution in [0.3, 0.4) is 0 Å². The molecule has 0 radical (unpaired) electrons. The van der Waals surface area contributed by atoms with Gasteiger partial charge in [0.05, 0.1) is 22.9 Å². The fraction of sp³-hybridized carbons (Fsp3) is 0.929. The van der Waals surface area contributed by atoms with Gasteiger partial charge in [0.25, 0.3) is 5.91 Å². The van der Waals surface area contributed by atoms with Crippen molar-refractivity contribution >= 4 is 28.8 Å². The first-order chi connectivity index (χ1) is 8.68. The Bertz CT molecular complexity index is 198. The third-order valence-electron chi connectivity index (χ3n) is 3.20. The van der Waals surface area contributed by atoms with Crippen molar-refractivity contribution in [3.8, 4) is 0 Å². The topological polar surface area (TPSA) is 40.5 Å². The van der Waals surface area contributed by atoms with Gasteiger partial charge in [-0.05, 0) is 6.42 Å². The van der Waals surface area contributed by atoms with E-state index in [1.165, 1.54) is 57.8 Å². The van der Waals surface area contributed by atoms with E-state index in [1.54, 1.807) is 22.9 Å². The summed E-state index contributed by atoms with van der Waals surface area (Å²) in [7, 11) is 0. The molecule has 0 aromatic heterocycles. The molecule has 0 saturated carbocycles. The minimum atomic E-state index is -0.188. The van der Waals surface area contributed by atoms with E-state index < -0.39 is 0 Å². The number of rotatable bonds is 12. The van der Waals surface area contributed by atoms with Crippen LogP contribution in [0, 0.1) is 0 Å². The van der Waals surface area contributed by atoms with Crippen molar-refractivity contribution in [1.82, 2.24) is 3.28 Å². The second-order valence-electron chi connectivity index (χ2n) is 4.94. The van der Waals surface area contributed by atoms with Gasteiger partial charge in [-0.25, -0.2) is 0 Å². The number of unbranched alkanes of at least 4 members (excludes halogenated alkanes) is 10. The Balaban J connectivity index is 3.05. The molecule has 0 atom stereocenters. The van der Waals surface area contributed by atoms with Crippen molar-refractivity contribution < 1.29 is 10.0 Å². The first-order valence-electron chi connectivity index (χ1n) is 7.36. The van der Waals surface area contributed by atoms with E-state index in [4.69, 9.17) is 5.21 Å². The lowest BCUT2D eigenvalue weighted by Gasteiger charge is -2.05. The highest BCUT2D eigenvalue weighted by molar-refractivity contribution is 14.1. The van der Waals surface area contributed by atoms with Crippen LogP contribution < -0.4 is 0 Å². The number of hydroxylamine groups is 1. The second kappa shape index (κ2) is 13.6. The van der Waals surface area contributed by atoms with E-state index in [-0.39, 0.29) is 5.91 Å². The quantitative estimate of drug-likeness (QED) is 0.168. The normalized spacial score (nSPS) is 10.6. The van der Waals surface area contributed by atoms with E-state index >= 15 is 0 Å². The standard InChI is InChI=1S/C14H28INO2/c1-2-3-4-5-6-7-8-9-10-11-12-13-14(17)16(15)18/h18H,2-13H2,1H3. The Morgan fingerprint density at radius 2 is 1.28 bits per heavy atom. The van der Waals surface area contributed by atoms with Crippen molar-refractivity contribution in [2.45, 2.75) is 84.0 Å². The van der Waals surface area contributed by atoms with Crippen molar-refractivity contribution in [2.24, 2.45) is 0 Å². The number of hydrogen-bond donors (Lipinski definition) is 1. The third kappa shape index (κ3) is 12.6. The molecule has 0 aliphatic rings. The lowest BCUT2D eigenvalue weighted by atomic mass is 10.1. The minimum Gasteiger partial charge on any atom is -0.276 e. The van der Waals surface area contributed by atoms with E-state index in [0.29, 0.717) is 9.70 Å². The lowest BCUT2D eigenvalue weighted by molar-refractivity contribution is -0.141. The Labute approximate surface area is 126 Å². The van der Waals surface area contributed by atoms with Gasteiger partial charge in [-0.2, -0.15) is 3.28 Å². The Kier molecular flexibility index (Phi) is 13.7. The van der Waals surface area contributed by atoms with Crippen LogP contribution in [-0.2, 0) is 4.79 Å². The van der Waals surface area contributed by atoms with Crippen molar-refractivity contribution in [1.29, 1.82) is 0 Å².